The Morgan fingerprint density at radius 2 is 2.30 bits per heavy atom. The van der Waals surface area contributed by atoms with Crippen LogP contribution >= 0.6 is 0 Å². The zero-order valence-corrected chi connectivity index (χ0v) is 12.4. The van der Waals surface area contributed by atoms with Gasteiger partial charge in [0.2, 0.25) is 11.8 Å². The number of nitrogens with zero attached hydrogens (tertiary/aromatic N) is 3. The van der Waals surface area contributed by atoms with E-state index in [9.17, 15) is 18.0 Å². The van der Waals surface area contributed by atoms with Crippen LogP contribution in [0, 0.1) is 5.92 Å². The second-order valence-electron chi connectivity index (χ2n) is 5.45. The first-order valence-corrected chi connectivity index (χ1v) is 7.25. The molecule has 3 heterocycles. The summed E-state index contributed by atoms with van der Waals surface area (Å²) in [5.74, 6) is -0.913. The number of carbonyl (C=O) groups is 1. The fourth-order valence-corrected chi connectivity index (χ4v) is 2.76. The number of carbonyl (C=O) groups excluding carboxylic acids is 1. The van der Waals surface area contributed by atoms with E-state index in [1.807, 2.05) is 4.57 Å². The highest BCUT2D eigenvalue weighted by Gasteiger charge is 2.39. The van der Waals surface area contributed by atoms with E-state index in [1.165, 1.54) is 0 Å². The van der Waals surface area contributed by atoms with Gasteiger partial charge in [0.05, 0.1) is 6.33 Å². The maximum Gasteiger partial charge on any atom is 0.437 e. The van der Waals surface area contributed by atoms with E-state index in [0.29, 0.717) is 19.4 Å². The van der Waals surface area contributed by atoms with Gasteiger partial charge < -0.3 is 9.09 Å². The number of amides is 1. The van der Waals surface area contributed by atoms with Gasteiger partial charge in [-0.2, -0.15) is 13.2 Å². The topological polar surface area (TPSA) is 73.0 Å². The van der Waals surface area contributed by atoms with E-state index in [1.54, 1.807) is 19.4 Å². The van der Waals surface area contributed by atoms with Gasteiger partial charge >= 0.3 is 6.18 Å². The van der Waals surface area contributed by atoms with Gasteiger partial charge in [-0.1, -0.05) is 12.1 Å². The summed E-state index contributed by atoms with van der Waals surface area (Å²) < 4.78 is 45.1. The molecule has 2 aromatic heterocycles. The number of anilines is 1. The third-order valence-electron chi connectivity index (χ3n) is 3.99. The van der Waals surface area contributed by atoms with Gasteiger partial charge in [-0.15, -0.1) is 0 Å². The van der Waals surface area contributed by atoms with Gasteiger partial charge in [-0.05, 0) is 12.8 Å². The molecule has 0 radical (unpaired) electrons. The van der Waals surface area contributed by atoms with Crippen LogP contribution in [-0.2, 0) is 30.4 Å². The molecule has 124 valence electrons. The van der Waals surface area contributed by atoms with Crippen molar-refractivity contribution in [2.45, 2.75) is 38.9 Å². The molecule has 0 aliphatic carbocycles. The third-order valence-corrected chi connectivity index (χ3v) is 3.99. The van der Waals surface area contributed by atoms with Crippen LogP contribution in [0.5, 0.6) is 0 Å². The van der Waals surface area contributed by atoms with Crippen LogP contribution < -0.4 is 5.32 Å². The predicted octanol–water partition coefficient (Wildman–Crippen LogP) is 2.65. The van der Waals surface area contributed by atoms with E-state index in [0.717, 1.165) is 5.69 Å². The molecular formula is C14H15F3N4O2. The van der Waals surface area contributed by atoms with Crippen LogP contribution in [0.3, 0.4) is 0 Å². The lowest BCUT2D eigenvalue weighted by atomic mass is 9.95. The van der Waals surface area contributed by atoms with E-state index in [2.05, 4.69) is 15.5 Å². The first kappa shape index (κ1) is 15.6. The van der Waals surface area contributed by atoms with Crippen LogP contribution in [0.4, 0.5) is 19.1 Å². The minimum Gasteiger partial charge on any atom is -0.338 e. The molecule has 0 bridgehead atoms. The maximum atomic E-state index is 12.8. The van der Waals surface area contributed by atoms with E-state index < -0.39 is 11.9 Å². The van der Waals surface area contributed by atoms with Crippen molar-refractivity contribution in [2.75, 3.05) is 5.32 Å². The van der Waals surface area contributed by atoms with Crippen molar-refractivity contribution < 1.29 is 22.5 Å². The molecule has 1 unspecified atom stereocenters. The number of aromatic nitrogens is 3. The second-order valence-corrected chi connectivity index (χ2v) is 5.45. The lowest BCUT2D eigenvalue weighted by Gasteiger charge is -2.22. The van der Waals surface area contributed by atoms with Crippen LogP contribution in [0.15, 0.2) is 17.0 Å². The van der Waals surface area contributed by atoms with Gasteiger partial charge in [-0.25, -0.2) is 4.98 Å². The summed E-state index contributed by atoms with van der Waals surface area (Å²) >= 11 is 0. The average Bonchev–Trinajstić information content (AvgIpc) is 3.11. The Morgan fingerprint density at radius 3 is 3.00 bits per heavy atom. The summed E-state index contributed by atoms with van der Waals surface area (Å²) in [5.41, 5.74) is -0.288. The van der Waals surface area contributed by atoms with Crippen LogP contribution in [0.25, 0.3) is 0 Å². The Balaban J connectivity index is 1.75. The number of halogens is 3. The van der Waals surface area contributed by atoms with Gasteiger partial charge in [0, 0.05) is 36.3 Å². The zero-order chi connectivity index (χ0) is 16.6. The Bertz CT molecular complexity index is 720. The lowest BCUT2D eigenvalue weighted by Crippen LogP contribution is -2.30. The van der Waals surface area contributed by atoms with Gasteiger partial charge in [-0.3, -0.25) is 10.1 Å². The summed E-state index contributed by atoms with van der Waals surface area (Å²) in [6.07, 6.45) is -0.0666. The van der Waals surface area contributed by atoms with E-state index >= 15 is 0 Å². The lowest BCUT2D eigenvalue weighted by molar-refractivity contribution is -0.143. The Hall–Kier alpha value is -2.32. The molecule has 0 saturated heterocycles. The molecular weight excluding hydrogens is 313 g/mol. The van der Waals surface area contributed by atoms with Crippen LogP contribution in [0.2, 0.25) is 0 Å². The molecule has 0 saturated carbocycles. The minimum atomic E-state index is -4.60. The average molecular weight is 328 g/mol. The number of hydrogen-bond donors (Lipinski definition) is 1. The molecule has 9 heteroatoms. The molecule has 6 nitrogen and oxygen atoms in total. The van der Waals surface area contributed by atoms with Gasteiger partial charge in [0.15, 0.2) is 5.69 Å². The highest BCUT2D eigenvalue weighted by atomic mass is 19.4. The number of imidazole rings is 1. The van der Waals surface area contributed by atoms with E-state index in [-0.39, 0.29) is 29.7 Å². The van der Waals surface area contributed by atoms with Crippen molar-refractivity contribution in [3.05, 3.63) is 29.5 Å². The number of rotatable bonds is 3. The highest BCUT2D eigenvalue weighted by Crippen LogP contribution is 2.35. The van der Waals surface area contributed by atoms with Gasteiger partial charge in [0.1, 0.15) is 0 Å². The molecule has 0 fully saturated rings. The highest BCUT2D eigenvalue weighted by molar-refractivity contribution is 5.92. The Kier molecular flexibility index (Phi) is 3.87. The first-order valence-electron chi connectivity index (χ1n) is 7.25. The van der Waals surface area contributed by atoms with Crippen molar-refractivity contribution in [3.8, 4) is 0 Å². The predicted molar refractivity (Wildman–Crippen MR) is 73.6 cm³/mol. The monoisotopic (exact) mass is 328 g/mol. The summed E-state index contributed by atoms with van der Waals surface area (Å²) in [7, 11) is 0. The Labute approximate surface area is 129 Å². The summed E-state index contributed by atoms with van der Waals surface area (Å²) in [4.78, 5) is 16.3. The smallest absolute Gasteiger partial charge is 0.338 e. The van der Waals surface area contributed by atoms with Crippen LogP contribution in [0.1, 0.15) is 30.3 Å². The quantitative estimate of drug-likeness (QED) is 0.940. The normalized spacial score (nSPS) is 17.8. The zero-order valence-electron chi connectivity index (χ0n) is 12.4. The molecule has 23 heavy (non-hydrogen) atoms. The molecule has 3 rings (SSSR count). The standard InChI is InChI=1S/C14H15F3N4O2/c1-2-10-11(14(15,16)17)20-23-13(10)19-12(22)8-3-4-21-7-18-6-9(21)5-8/h6-8H,2-5H2,1H3,(H,19,22). The molecule has 1 atom stereocenters. The summed E-state index contributed by atoms with van der Waals surface area (Å²) in [6, 6.07) is 0. The van der Waals surface area contributed by atoms with Crippen molar-refractivity contribution in [1.29, 1.82) is 0 Å². The molecule has 0 spiro atoms. The summed E-state index contributed by atoms with van der Waals surface area (Å²) in [6.45, 7) is 2.20. The van der Waals surface area contributed by atoms with Crippen molar-refractivity contribution in [2.24, 2.45) is 5.92 Å². The van der Waals surface area contributed by atoms with E-state index in [4.69, 9.17) is 4.52 Å². The molecule has 1 N–H and O–H groups in total. The molecule has 1 aliphatic heterocycles. The van der Waals surface area contributed by atoms with Crippen LogP contribution in [-0.4, -0.2) is 20.6 Å². The third kappa shape index (κ3) is 2.95. The second kappa shape index (κ2) is 5.71. The molecule has 1 amide bonds. The molecule has 2 aromatic rings. The maximum absolute atomic E-state index is 12.8. The van der Waals surface area contributed by atoms with Crippen molar-refractivity contribution in [3.63, 3.8) is 0 Å². The number of alkyl halides is 3. The summed E-state index contributed by atoms with van der Waals surface area (Å²) in [5, 5.41) is 5.50. The van der Waals surface area contributed by atoms with Crippen molar-refractivity contribution in [1.82, 2.24) is 14.7 Å². The fourth-order valence-electron chi connectivity index (χ4n) is 2.76. The number of fused-ring (bicyclic) bond motifs is 1. The number of aryl methyl sites for hydroxylation is 1. The Morgan fingerprint density at radius 1 is 1.52 bits per heavy atom. The van der Waals surface area contributed by atoms with Crippen molar-refractivity contribution >= 4 is 11.8 Å². The first-order chi connectivity index (χ1) is 10.9. The SMILES string of the molecule is CCc1c(C(F)(F)F)noc1NC(=O)C1CCn2cncc2C1. The number of nitrogens with one attached hydrogen (secondary N) is 1. The largest absolute Gasteiger partial charge is 0.437 e. The molecule has 0 aromatic carbocycles. The molecule has 1 aliphatic rings. The van der Waals surface area contributed by atoms with Gasteiger partial charge in [0.25, 0.3) is 0 Å². The number of hydrogen-bond acceptors (Lipinski definition) is 4. The minimum absolute atomic E-state index is 0.0609. The fraction of sp³-hybridized carbons (Fsp3) is 0.500.